The number of furan rings is 1. The van der Waals surface area contributed by atoms with Gasteiger partial charge in [-0.05, 0) is 62.3 Å². The highest BCUT2D eigenvalue weighted by molar-refractivity contribution is 6.21. The average Bonchev–Trinajstić information content (AvgIpc) is 3.47. The van der Waals surface area contributed by atoms with Crippen molar-refractivity contribution in [1.82, 2.24) is 4.98 Å². The van der Waals surface area contributed by atoms with Gasteiger partial charge >= 0.3 is 0 Å². The van der Waals surface area contributed by atoms with E-state index >= 15 is 0 Å². The van der Waals surface area contributed by atoms with E-state index in [0.717, 1.165) is 44.5 Å². The zero-order valence-electron chi connectivity index (χ0n) is 23.8. The molecule has 0 fully saturated rings. The third-order valence-electron chi connectivity index (χ3n) is 8.70. The van der Waals surface area contributed by atoms with Crippen molar-refractivity contribution in [1.29, 1.82) is 0 Å². The van der Waals surface area contributed by atoms with Crippen LogP contribution in [0.1, 0.15) is 0 Å². The fourth-order valence-electron chi connectivity index (χ4n) is 6.59. The molecule has 0 unspecified atom stereocenters. The molecule has 7 aromatic carbocycles. The maximum Gasteiger partial charge on any atom is 0.141 e. The molecule has 0 aliphatic carbocycles. The normalized spacial score (nSPS) is 11.6. The van der Waals surface area contributed by atoms with Gasteiger partial charge in [0.05, 0.1) is 5.69 Å². The Hall–Kier alpha value is -5.93. The summed E-state index contributed by atoms with van der Waals surface area (Å²) in [5.41, 5.74) is 6.14. The van der Waals surface area contributed by atoms with Crippen molar-refractivity contribution < 1.29 is 4.42 Å². The molecule has 0 atom stereocenters. The van der Waals surface area contributed by atoms with E-state index in [1.807, 2.05) is 30.5 Å². The molecule has 3 heteroatoms. The fourth-order valence-corrected chi connectivity index (χ4v) is 6.59. The number of para-hydroxylation sites is 1. The van der Waals surface area contributed by atoms with Gasteiger partial charge in [-0.15, -0.1) is 0 Å². The van der Waals surface area contributed by atoms with Crippen molar-refractivity contribution in [2.24, 2.45) is 0 Å². The van der Waals surface area contributed by atoms with Crippen molar-refractivity contribution in [2.75, 3.05) is 4.90 Å². The average molecular weight is 563 g/mol. The Bertz CT molecular complexity index is 2490. The Labute approximate surface area is 254 Å². The lowest BCUT2D eigenvalue weighted by molar-refractivity contribution is 0.668. The minimum absolute atomic E-state index is 0.800. The first-order valence-electron chi connectivity index (χ1n) is 14.9. The van der Waals surface area contributed by atoms with Crippen molar-refractivity contribution in [3.05, 3.63) is 158 Å². The molecule has 9 rings (SSSR count). The van der Waals surface area contributed by atoms with Gasteiger partial charge in [-0.25, -0.2) is 4.98 Å². The Morgan fingerprint density at radius 1 is 0.432 bits per heavy atom. The fraction of sp³-hybridized carbons (Fsp3) is 0. The quantitative estimate of drug-likeness (QED) is 0.200. The molecule has 0 bridgehead atoms. The minimum atomic E-state index is 0.800. The lowest BCUT2D eigenvalue weighted by atomic mass is 9.95. The summed E-state index contributed by atoms with van der Waals surface area (Å²) in [6.07, 6.45) is 1.94. The van der Waals surface area contributed by atoms with Crippen LogP contribution in [0, 0.1) is 0 Å². The van der Waals surface area contributed by atoms with Crippen LogP contribution in [-0.4, -0.2) is 4.98 Å². The number of pyridine rings is 1. The third-order valence-corrected chi connectivity index (χ3v) is 8.70. The van der Waals surface area contributed by atoms with Crippen molar-refractivity contribution >= 4 is 71.4 Å². The number of nitrogens with zero attached hydrogens (tertiary/aromatic N) is 2. The predicted octanol–water partition coefficient (Wildman–Crippen LogP) is 11.6. The SMILES string of the molecule is c1ccc(-c2ccc(N(c3cc4oc5ccccc5c4cn3)c3cc4c5ccccc5ccc4c4ccccc34)cc2)cc1. The summed E-state index contributed by atoms with van der Waals surface area (Å²) in [4.78, 5) is 7.35. The summed E-state index contributed by atoms with van der Waals surface area (Å²) < 4.78 is 6.34. The maximum absolute atomic E-state index is 6.34. The first-order valence-corrected chi connectivity index (χ1v) is 14.9. The molecule has 0 saturated heterocycles. The van der Waals surface area contributed by atoms with Crippen LogP contribution >= 0.6 is 0 Å². The summed E-state index contributed by atoms with van der Waals surface area (Å²) in [5, 5.41) is 9.37. The Morgan fingerprint density at radius 2 is 1.09 bits per heavy atom. The van der Waals surface area contributed by atoms with Gasteiger partial charge in [-0.1, -0.05) is 121 Å². The van der Waals surface area contributed by atoms with E-state index in [9.17, 15) is 0 Å². The van der Waals surface area contributed by atoms with Crippen LogP contribution in [0.3, 0.4) is 0 Å². The van der Waals surface area contributed by atoms with Gasteiger partial charge in [0.25, 0.3) is 0 Å². The van der Waals surface area contributed by atoms with Gasteiger partial charge in [0, 0.05) is 34.1 Å². The lowest BCUT2D eigenvalue weighted by Crippen LogP contribution is -2.12. The highest BCUT2D eigenvalue weighted by Crippen LogP contribution is 2.44. The predicted molar refractivity (Wildman–Crippen MR) is 184 cm³/mol. The van der Waals surface area contributed by atoms with E-state index in [4.69, 9.17) is 9.40 Å². The van der Waals surface area contributed by atoms with Crippen LogP contribution in [0.15, 0.2) is 162 Å². The van der Waals surface area contributed by atoms with E-state index in [0.29, 0.717) is 0 Å². The number of fused-ring (bicyclic) bond motifs is 8. The van der Waals surface area contributed by atoms with Crippen LogP contribution in [0.5, 0.6) is 0 Å². The van der Waals surface area contributed by atoms with Gasteiger partial charge in [0.1, 0.15) is 17.0 Å². The second-order valence-corrected chi connectivity index (χ2v) is 11.2. The summed E-state index contributed by atoms with van der Waals surface area (Å²) in [6.45, 7) is 0. The molecule has 0 saturated carbocycles. The number of benzene rings is 7. The Balaban J connectivity index is 1.33. The first kappa shape index (κ1) is 24.6. The van der Waals surface area contributed by atoms with Crippen LogP contribution in [0.25, 0.3) is 65.4 Å². The topological polar surface area (TPSA) is 29.3 Å². The van der Waals surface area contributed by atoms with E-state index in [1.165, 1.54) is 38.1 Å². The molecule has 9 aromatic rings. The van der Waals surface area contributed by atoms with Crippen molar-refractivity contribution in [2.45, 2.75) is 0 Å². The third kappa shape index (κ3) is 3.87. The highest BCUT2D eigenvalue weighted by Gasteiger charge is 2.20. The van der Waals surface area contributed by atoms with Gasteiger partial charge in [0.2, 0.25) is 0 Å². The molecule has 3 nitrogen and oxygen atoms in total. The van der Waals surface area contributed by atoms with Gasteiger partial charge < -0.3 is 4.42 Å². The second-order valence-electron chi connectivity index (χ2n) is 11.2. The van der Waals surface area contributed by atoms with Gasteiger partial charge in [0.15, 0.2) is 0 Å². The summed E-state index contributed by atoms with van der Waals surface area (Å²) >= 11 is 0. The van der Waals surface area contributed by atoms with Crippen molar-refractivity contribution in [3.63, 3.8) is 0 Å². The molecule has 0 amide bonds. The van der Waals surface area contributed by atoms with Gasteiger partial charge in [-0.2, -0.15) is 0 Å². The molecule has 0 N–H and O–H groups in total. The molecule has 2 aromatic heterocycles. The van der Waals surface area contributed by atoms with E-state index in [-0.39, 0.29) is 0 Å². The minimum Gasteiger partial charge on any atom is -0.456 e. The summed E-state index contributed by atoms with van der Waals surface area (Å²) in [5.74, 6) is 0.800. The molecule has 0 radical (unpaired) electrons. The van der Waals surface area contributed by atoms with E-state index < -0.39 is 0 Å². The van der Waals surface area contributed by atoms with Gasteiger partial charge in [-0.3, -0.25) is 4.90 Å². The standard InChI is InChI=1S/C41H26N2O/c1-2-10-27(11-3-1)28-18-21-30(22-19-28)43(41-25-40-37(26-42-41)35-16-8-9-17-39(35)44-40)38-24-36-31-13-5-4-12-29(31)20-23-33(36)32-14-6-7-15-34(32)38/h1-26H. The van der Waals surface area contributed by atoms with E-state index in [2.05, 4.69) is 132 Å². The molecular formula is C41H26N2O. The maximum atomic E-state index is 6.34. The molecule has 0 spiro atoms. The molecule has 44 heavy (non-hydrogen) atoms. The second kappa shape index (κ2) is 9.82. The van der Waals surface area contributed by atoms with Crippen LogP contribution in [0.4, 0.5) is 17.2 Å². The number of anilines is 3. The zero-order chi connectivity index (χ0) is 29.0. The summed E-state index contributed by atoms with van der Waals surface area (Å²) in [7, 11) is 0. The molecule has 0 aliphatic rings. The number of hydrogen-bond donors (Lipinski definition) is 0. The van der Waals surface area contributed by atoms with E-state index in [1.54, 1.807) is 0 Å². The Morgan fingerprint density at radius 3 is 1.93 bits per heavy atom. The number of rotatable bonds is 4. The van der Waals surface area contributed by atoms with Crippen molar-refractivity contribution in [3.8, 4) is 11.1 Å². The highest BCUT2D eigenvalue weighted by atomic mass is 16.3. The zero-order valence-corrected chi connectivity index (χ0v) is 23.8. The Kier molecular flexibility index (Phi) is 5.50. The van der Waals surface area contributed by atoms with Crippen LogP contribution < -0.4 is 4.90 Å². The van der Waals surface area contributed by atoms with Crippen LogP contribution in [0.2, 0.25) is 0 Å². The monoisotopic (exact) mass is 562 g/mol. The lowest BCUT2D eigenvalue weighted by Gasteiger charge is -2.27. The summed E-state index contributed by atoms with van der Waals surface area (Å²) in [6, 6.07) is 53.6. The number of hydrogen-bond acceptors (Lipinski definition) is 3. The first-order chi connectivity index (χ1) is 21.8. The molecule has 0 aliphatic heterocycles. The number of aromatic nitrogens is 1. The largest absolute Gasteiger partial charge is 0.456 e. The smallest absolute Gasteiger partial charge is 0.141 e. The van der Waals surface area contributed by atoms with Crippen LogP contribution in [-0.2, 0) is 0 Å². The molecule has 2 heterocycles. The molecule has 206 valence electrons. The molecular weight excluding hydrogens is 536 g/mol.